The Balaban J connectivity index is 2.98. The summed E-state index contributed by atoms with van der Waals surface area (Å²) in [5.41, 5.74) is 8.38. The van der Waals surface area contributed by atoms with E-state index >= 15 is 0 Å². The first-order chi connectivity index (χ1) is 8.19. The molecule has 0 bridgehead atoms. The van der Waals surface area contributed by atoms with Gasteiger partial charge in [-0.1, -0.05) is 6.92 Å². The van der Waals surface area contributed by atoms with E-state index in [2.05, 4.69) is 42.5 Å². The first kappa shape index (κ1) is 13.0. The second-order valence-corrected chi connectivity index (χ2v) is 3.46. The van der Waals surface area contributed by atoms with E-state index in [0.29, 0.717) is 18.4 Å². The fourth-order valence-corrected chi connectivity index (χ4v) is 1.07. The van der Waals surface area contributed by atoms with Crippen LogP contribution in [0.5, 0.6) is 0 Å². The lowest BCUT2D eigenvalue weighted by molar-refractivity contribution is 0.751. The van der Waals surface area contributed by atoms with Gasteiger partial charge in [0.15, 0.2) is 0 Å². The Morgan fingerprint density at radius 1 is 1.29 bits per heavy atom. The number of rotatable bonds is 6. The number of anilines is 2. The third-order valence-corrected chi connectivity index (χ3v) is 2.08. The average molecular weight is 236 g/mol. The van der Waals surface area contributed by atoms with Crippen molar-refractivity contribution in [2.75, 3.05) is 17.2 Å². The van der Waals surface area contributed by atoms with E-state index in [1.807, 2.05) is 13.8 Å². The number of hydrogen-bond donors (Lipinski definition) is 2. The molecule has 0 aliphatic rings. The van der Waals surface area contributed by atoms with Crippen LogP contribution in [0.1, 0.15) is 27.2 Å². The highest BCUT2D eigenvalue weighted by Gasteiger charge is 2.06. The number of hydrogen-bond acceptors (Lipinski definition) is 6. The molecule has 0 spiro atoms. The van der Waals surface area contributed by atoms with Gasteiger partial charge >= 0.3 is 0 Å². The van der Waals surface area contributed by atoms with Gasteiger partial charge in [0, 0.05) is 17.5 Å². The Labute approximate surface area is 99.5 Å². The van der Waals surface area contributed by atoms with Crippen molar-refractivity contribution >= 4 is 17.8 Å². The molecule has 1 heterocycles. The van der Waals surface area contributed by atoms with Gasteiger partial charge in [-0.2, -0.15) is 15.0 Å². The second-order valence-electron chi connectivity index (χ2n) is 3.46. The highest BCUT2D eigenvalue weighted by Crippen LogP contribution is 2.13. The van der Waals surface area contributed by atoms with E-state index in [-0.39, 0.29) is 12.0 Å². The van der Waals surface area contributed by atoms with Crippen molar-refractivity contribution in [3.8, 4) is 0 Å². The maximum atomic E-state index is 8.38. The Morgan fingerprint density at radius 3 is 2.59 bits per heavy atom. The fraction of sp³-hybridized carbons (Fsp3) is 0.667. The zero-order valence-corrected chi connectivity index (χ0v) is 10.2. The molecule has 2 N–H and O–H groups in total. The zero-order chi connectivity index (χ0) is 12.7. The van der Waals surface area contributed by atoms with E-state index in [0.717, 1.165) is 6.42 Å². The highest BCUT2D eigenvalue weighted by atomic mass is 15.3. The van der Waals surface area contributed by atoms with Gasteiger partial charge in [0.05, 0.1) is 0 Å². The van der Waals surface area contributed by atoms with Crippen LogP contribution in [0, 0.1) is 0 Å². The van der Waals surface area contributed by atoms with Crippen LogP contribution in [0.2, 0.25) is 0 Å². The molecular formula is C9H16N8. The van der Waals surface area contributed by atoms with Crippen molar-refractivity contribution < 1.29 is 0 Å². The first-order valence-electron chi connectivity index (χ1n) is 5.51. The smallest absolute Gasteiger partial charge is 0.228 e. The summed E-state index contributed by atoms with van der Waals surface area (Å²) in [6.07, 6.45) is 0.944. The maximum absolute atomic E-state index is 8.38. The molecule has 0 radical (unpaired) electrons. The highest BCUT2D eigenvalue weighted by molar-refractivity contribution is 5.39. The molecule has 0 saturated carbocycles. The van der Waals surface area contributed by atoms with Crippen LogP contribution in [-0.2, 0) is 0 Å². The Morgan fingerprint density at radius 2 is 2.00 bits per heavy atom. The molecule has 1 atom stereocenters. The third-order valence-electron chi connectivity index (χ3n) is 2.08. The number of nitrogens with zero attached hydrogens (tertiary/aromatic N) is 6. The summed E-state index contributed by atoms with van der Waals surface area (Å²) in [7, 11) is 0. The SMILES string of the molecule is CCNc1nc(N=[N+]=[N-])nc(NC(C)CC)n1. The van der Waals surface area contributed by atoms with E-state index in [1.165, 1.54) is 0 Å². The van der Waals surface area contributed by atoms with Gasteiger partial charge in [-0.05, 0) is 30.9 Å². The molecule has 1 aromatic rings. The third kappa shape index (κ3) is 4.12. The number of aromatic nitrogens is 3. The topological polar surface area (TPSA) is 111 Å². The molecule has 1 unspecified atom stereocenters. The lowest BCUT2D eigenvalue weighted by Gasteiger charge is -2.12. The Kier molecular flexibility index (Phi) is 4.96. The molecule has 0 saturated heterocycles. The largest absolute Gasteiger partial charge is 0.354 e. The minimum absolute atomic E-state index is 0.0595. The molecule has 0 fully saturated rings. The molecule has 1 aromatic heterocycles. The van der Waals surface area contributed by atoms with Crippen molar-refractivity contribution in [3.63, 3.8) is 0 Å². The minimum Gasteiger partial charge on any atom is -0.354 e. The summed E-state index contributed by atoms with van der Waals surface area (Å²) in [5.74, 6) is 0.868. The maximum Gasteiger partial charge on any atom is 0.228 e. The molecule has 0 aliphatic carbocycles. The molecular weight excluding hydrogens is 220 g/mol. The molecule has 8 nitrogen and oxygen atoms in total. The van der Waals surface area contributed by atoms with Crippen LogP contribution in [0.15, 0.2) is 5.11 Å². The van der Waals surface area contributed by atoms with Crippen molar-refractivity contribution in [1.82, 2.24) is 15.0 Å². The van der Waals surface area contributed by atoms with Crippen LogP contribution in [0.4, 0.5) is 17.8 Å². The van der Waals surface area contributed by atoms with Crippen LogP contribution in [-0.4, -0.2) is 27.5 Å². The Bertz CT molecular complexity index is 411. The van der Waals surface area contributed by atoms with E-state index < -0.39 is 0 Å². The summed E-state index contributed by atoms with van der Waals surface area (Å²) in [6.45, 7) is 6.68. The van der Waals surface area contributed by atoms with Gasteiger partial charge < -0.3 is 10.6 Å². The summed E-state index contributed by atoms with van der Waals surface area (Å²) in [5, 5.41) is 9.44. The molecule has 0 aromatic carbocycles. The van der Waals surface area contributed by atoms with E-state index in [9.17, 15) is 0 Å². The number of azide groups is 1. The summed E-state index contributed by atoms with van der Waals surface area (Å²) in [6, 6.07) is 0.241. The van der Waals surface area contributed by atoms with E-state index in [1.54, 1.807) is 0 Å². The van der Waals surface area contributed by atoms with Crippen molar-refractivity contribution in [3.05, 3.63) is 10.4 Å². The van der Waals surface area contributed by atoms with Gasteiger partial charge in [0.2, 0.25) is 17.8 Å². The molecule has 92 valence electrons. The molecule has 8 heteroatoms. The summed E-state index contributed by atoms with van der Waals surface area (Å²) in [4.78, 5) is 14.8. The van der Waals surface area contributed by atoms with Crippen LogP contribution >= 0.6 is 0 Å². The molecule has 17 heavy (non-hydrogen) atoms. The zero-order valence-electron chi connectivity index (χ0n) is 10.2. The van der Waals surface area contributed by atoms with Gasteiger partial charge in [-0.3, -0.25) is 0 Å². The average Bonchev–Trinajstić information content (AvgIpc) is 2.29. The van der Waals surface area contributed by atoms with Crippen LogP contribution in [0.3, 0.4) is 0 Å². The van der Waals surface area contributed by atoms with E-state index in [4.69, 9.17) is 5.53 Å². The van der Waals surface area contributed by atoms with Gasteiger partial charge in [0.25, 0.3) is 0 Å². The fourth-order valence-electron chi connectivity index (χ4n) is 1.07. The van der Waals surface area contributed by atoms with Crippen molar-refractivity contribution in [2.24, 2.45) is 5.11 Å². The van der Waals surface area contributed by atoms with Crippen molar-refractivity contribution in [2.45, 2.75) is 33.2 Å². The summed E-state index contributed by atoms with van der Waals surface area (Å²) < 4.78 is 0. The Hall–Kier alpha value is -2.08. The van der Waals surface area contributed by atoms with Crippen LogP contribution in [0.25, 0.3) is 10.4 Å². The monoisotopic (exact) mass is 236 g/mol. The first-order valence-corrected chi connectivity index (χ1v) is 5.51. The number of nitrogens with one attached hydrogen (secondary N) is 2. The standard InChI is InChI=1S/C9H16N8/c1-4-6(3)12-8-13-7(11-5-2)14-9(15-8)16-17-10/h6H,4-5H2,1-3H3,(H2,11,12,13,14,15). The van der Waals surface area contributed by atoms with Crippen molar-refractivity contribution in [1.29, 1.82) is 0 Å². The lowest BCUT2D eigenvalue weighted by atomic mass is 10.3. The van der Waals surface area contributed by atoms with Gasteiger partial charge in [-0.25, -0.2) is 0 Å². The van der Waals surface area contributed by atoms with Crippen LogP contribution < -0.4 is 10.6 Å². The van der Waals surface area contributed by atoms with Gasteiger partial charge in [-0.15, -0.1) is 0 Å². The minimum atomic E-state index is 0.0595. The quantitative estimate of drug-likeness (QED) is 0.447. The second kappa shape index (κ2) is 6.49. The molecule has 1 rings (SSSR count). The predicted octanol–water partition coefficient (Wildman–Crippen LogP) is 2.46. The predicted molar refractivity (Wildman–Crippen MR) is 66.2 cm³/mol. The molecule has 0 amide bonds. The lowest BCUT2D eigenvalue weighted by Crippen LogP contribution is -2.16. The normalized spacial score (nSPS) is 11.5. The summed E-state index contributed by atoms with van der Waals surface area (Å²) >= 11 is 0. The van der Waals surface area contributed by atoms with Gasteiger partial charge in [0.1, 0.15) is 0 Å². The molecule has 0 aliphatic heterocycles.